The lowest BCUT2D eigenvalue weighted by Gasteiger charge is -2.43. The van der Waals surface area contributed by atoms with E-state index in [1.165, 1.54) is 0 Å². The van der Waals surface area contributed by atoms with E-state index in [1.807, 2.05) is 91.0 Å². The van der Waals surface area contributed by atoms with Crippen LogP contribution in [0.5, 0.6) is 0 Å². The van der Waals surface area contributed by atoms with E-state index in [0.29, 0.717) is 16.7 Å². The van der Waals surface area contributed by atoms with Gasteiger partial charge in [-0.1, -0.05) is 91.0 Å². The number of ether oxygens (including phenoxy) is 1. The smallest absolute Gasteiger partial charge is 0.408 e. The van der Waals surface area contributed by atoms with Gasteiger partial charge in [-0.2, -0.15) is 0 Å². The van der Waals surface area contributed by atoms with Crippen LogP contribution in [0.1, 0.15) is 37.5 Å². The van der Waals surface area contributed by atoms with Gasteiger partial charge in [0.05, 0.1) is 11.3 Å². The van der Waals surface area contributed by atoms with Gasteiger partial charge in [0.1, 0.15) is 11.6 Å². The summed E-state index contributed by atoms with van der Waals surface area (Å²) in [5.41, 5.74) is 5.73. The van der Waals surface area contributed by atoms with Gasteiger partial charge in [-0.25, -0.2) is 9.59 Å². The Morgan fingerprint density at radius 3 is 1.43 bits per heavy atom. The van der Waals surface area contributed by atoms with E-state index in [4.69, 9.17) is 10.5 Å². The van der Waals surface area contributed by atoms with E-state index in [0.717, 1.165) is 0 Å². The van der Waals surface area contributed by atoms with Crippen molar-refractivity contribution in [1.29, 1.82) is 0 Å². The number of rotatable bonds is 8. The van der Waals surface area contributed by atoms with Crippen molar-refractivity contribution in [2.45, 2.75) is 37.8 Å². The number of carboxylic acid groups (broad SMARTS) is 1. The summed E-state index contributed by atoms with van der Waals surface area (Å²) in [6.45, 7) is 4.99. The second-order valence-corrected chi connectivity index (χ2v) is 9.25. The summed E-state index contributed by atoms with van der Waals surface area (Å²) >= 11 is 0. The zero-order chi connectivity index (χ0) is 25.6. The molecule has 0 aromatic heterocycles. The third-order valence-corrected chi connectivity index (χ3v) is 5.73. The van der Waals surface area contributed by atoms with Crippen molar-refractivity contribution in [3.63, 3.8) is 0 Å². The van der Waals surface area contributed by atoms with Gasteiger partial charge in [0, 0.05) is 0 Å². The van der Waals surface area contributed by atoms with Gasteiger partial charge in [0.2, 0.25) is 5.91 Å². The number of nitrogens with one attached hydrogen (secondary N) is 1. The van der Waals surface area contributed by atoms with Crippen LogP contribution in [0.2, 0.25) is 0 Å². The Morgan fingerprint density at radius 1 is 0.771 bits per heavy atom. The molecule has 0 saturated heterocycles. The Labute approximate surface area is 204 Å². The van der Waals surface area contributed by atoms with Crippen LogP contribution in [0, 0.1) is 5.92 Å². The molecule has 0 aliphatic carbocycles. The molecule has 1 unspecified atom stereocenters. The number of aliphatic carboxylic acids is 1. The number of hydrogen-bond donors (Lipinski definition) is 3. The average Bonchev–Trinajstić information content (AvgIpc) is 2.81. The number of benzene rings is 3. The lowest BCUT2D eigenvalue weighted by molar-refractivity contribution is -0.144. The van der Waals surface area contributed by atoms with E-state index in [1.54, 1.807) is 20.8 Å². The molecule has 0 aliphatic heterocycles. The van der Waals surface area contributed by atoms with Gasteiger partial charge >= 0.3 is 12.1 Å². The van der Waals surface area contributed by atoms with Gasteiger partial charge in [-0.05, 0) is 37.5 Å². The molecule has 35 heavy (non-hydrogen) atoms. The molecule has 3 aromatic rings. The summed E-state index contributed by atoms with van der Waals surface area (Å²) in [4.78, 5) is 38.5. The van der Waals surface area contributed by atoms with Crippen LogP contribution < -0.4 is 11.1 Å². The highest BCUT2D eigenvalue weighted by atomic mass is 16.6. The summed E-state index contributed by atoms with van der Waals surface area (Å²) in [6, 6.07) is 25.6. The van der Waals surface area contributed by atoms with Crippen molar-refractivity contribution < 1.29 is 24.2 Å². The summed E-state index contributed by atoms with van der Waals surface area (Å²) < 4.78 is 5.31. The maximum Gasteiger partial charge on any atom is 0.408 e. The van der Waals surface area contributed by atoms with Crippen molar-refractivity contribution in [1.82, 2.24) is 5.32 Å². The zero-order valence-corrected chi connectivity index (χ0v) is 20.0. The predicted octanol–water partition coefficient (Wildman–Crippen LogP) is 4.10. The number of primary amides is 1. The monoisotopic (exact) mass is 474 g/mol. The largest absolute Gasteiger partial charge is 0.480 e. The van der Waals surface area contributed by atoms with Crippen molar-refractivity contribution >= 4 is 18.0 Å². The van der Waals surface area contributed by atoms with Crippen molar-refractivity contribution in [3.8, 4) is 0 Å². The van der Waals surface area contributed by atoms with Crippen LogP contribution in [0.15, 0.2) is 91.0 Å². The fourth-order valence-corrected chi connectivity index (χ4v) is 4.49. The molecule has 0 saturated carbocycles. The minimum atomic E-state index is -1.69. The normalized spacial score (nSPS) is 13.3. The quantitative estimate of drug-likeness (QED) is 0.425. The number of amides is 2. The topological polar surface area (TPSA) is 119 Å². The van der Waals surface area contributed by atoms with Crippen LogP contribution in [-0.4, -0.2) is 34.7 Å². The predicted molar refractivity (Wildman–Crippen MR) is 133 cm³/mol. The molecule has 7 nitrogen and oxygen atoms in total. The number of carbonyl (C=O) groups is 3. The summed E-state index contributed by atoms with van der Waals surface area (Å²) in [7, 11) is 0. The highest BCUT2D eigenvalue weighted by Gasteiger charge is 2.53. The highest BCUT2D eigenvalue weighted by molar-refractivity contribution is 5.91. The summed E-state index contributed by atoms with van der Waals surface area (Å²) in [6.07, 6.45) is -0.959. The van der Waals surface area contributed by atoms with E-state index < -0.39 is 40.9 Å². The standard InChI is InChI=1S/C28H30N2O5/c1-27(2,3)35-26(34)30-23(25(32)33)22(24(29)31)28(19-13-7-4-8-14-19,20-15-9-5-10-16-20)21-17-11-6-12-18-21/h4-18,22-23H,1-3H3,(H2,29,31)(H,30,34)(H,32,33)/t22?,23-/m0/s1. The van der Waals surface area contributed by atoms with E-state index in [9.17, 15) is 19.5 Å². The first-order valence-electron chi connectivity index (χ1n) is 11.3. The number of hydrogen-bond acceptors (Lipinski definition) is 4. The Hall–Kier alpha value is -4.13. The second-order valence-electron chi connectivity index (χ2n) is 9.25. The highest BCUT2D eigenvalue weighted by Crippen LogP contribution is 2.46. The zero-order valence-electron chi connectivity index (χ0n) is 20.0. The molecule has 7 heteroatoms. The summed E-state index contributed by atoms with van der Waals surface area (Å²) in [5.74, 6) is -3.71. The minimum absolute atomic E-state index is 0.651. The third-order valence-electron chi connectivity index (χ3n) is 5.73. The molecular weight excluding hydrogens is 444 g/mol. The Morgan fingerprint density at radius 2 is 1.14 bits per heavy atom. The molecular formula is C28H30N2O5. The molecule has 0 aliphatic rings. The van der Waals surface area contributed by atoms with E-state index in [2.05, 4.69) is 5.32 Å². The number of alkyl carbamates (subject to hydrolysis) is 1. The van der Waals surface area contributed by atoms with Crippen LogP contribution in [0.25, 0.3) is 0 Å². The molecule has 0 heterocycles. The average molecular weight is 475 g/mol. The van der Waals surface area contributed by atoms with Gasteiger partial charge in [0.15, 0.2) is 0 Å². The van der Waals surface area contributed by atoms with Crippen molar-refractivity contribution in [3.05, 3.63) is 108 Å². The molecule has 0 bridgehead atoms. The fraction of sp³-hybridized carbons (Fsp3) is 0.250. The molecule has 0 radical (unpaired) electrons. The third kappa shape index (κ3) is 5.51. The molecule has 4 N–H and O–H groups in total. The van der Waals surface area contributed by atoms with Gasteiger partial charge in [0.25, 0.3) is 0 Å². The molecule has 2 atom stereocenters. The van der Waals surface area contributed by atoms with E-state index >= 15 is 0 Å². The first kappa shape index (κ1) is 25.5. The van der Waals surface area contributed by atoms with Crippen LogP contribution in [0.3, 0.4) is 0 Å². The second kappa shape index (κ2) is 10.4. The summed E-state index contributed by atoms with van der Waals surface area (Å²) in [5, 5.41) is 12.7. The maximum atomic E-state index is 13.2. The number of carbonyl (C=O) groups excluding carboxylic acids is 2. The van der Waals surface area contributed by atoms with Crippen molar-refractivity contribution in [2.24, 2.45) is 11.7 Å². The van der Waals surface area contributed by atoms with Gasteiger partial charge in [-0.15, -0.1) is 0 Å². The molecule has 0 spiro atoms. The van der Waals surface area contributed by atoms with Crippen LogP contribution >= 0.6 is 0 Å². The lowest BCUT2D eigenvalue weighted by atomic mass is 9.59. The van der Waals surface area contributed by atoms with Crippen molar-refractivity contribution in [2.75, 3.05) is 0 Å². The molecule has 0 fully saturated rings. The molecule has 2 amide bonds. The van der Waals surface area contributed by atoms with Crippen LogP contribution in [0.4, 0.5) is 4.79 Å². The number of nitrogens with two attached hydrogens (primary N) is 1. The fourth-order valence-electron chi connectivity index (χ4n) is 4.49. The maximum absolute atomic E-state index is 13.2. The SMILES string of the molecule is CC(C)(C)OC(=O)N[C@H](C(=O)O)C(C(N)=O)C(c1ccccc1)(c1ccccc1)c1ccccc1. The first-order chi connectivity index (χ1) is 16.6. The first-order valence-corrected chi connectivity index (χ1v) is 11.3. The lowest BCUT2D eigenvalue weighted by Crippen LogP contribution is -2.59. The van der Waals surface area contributed by atoms with Crippen LogP contribution in [-0.2, 0) is 19.7 Å². The minimum Gasteiger partial charge on any atom is -0.480 e. The molecule has 3 aromatic carbocycles. The van der Waals surface area contributed by atoms with E-state index in [-0.39, 0.29) is 0 Å². The number of carboxylic acids is 1. The van der Waals surface area contributed by atoms with Gasteiger partial charge in [-0.3, -0.25) is 4.79 Å². The Balaban J connectivity index is 2.35. The molecule has 3 rings (SSSR count). The molecule has 182 valence electrons. The van der Waals surface area contributed by atoms with Gasteiger partial charge < -0.3 is 20.9 Å². The Kier molecular flexibility index (Phi) is 7.59. The Bertz CT molecular complexity index is 1060.